The molecule has 0 unspecified atom stereocenters. The minimum atomic E-state index is -0.888. The molecule has 3 aromatic rings. The van der Waals surface area contributed by atoms with Crippen molar-refractivity contribution in [2.75, 3.05) is 51.8 Å². The van der Waals surface area contributed by atoms with Crippen molar-refractivity contribution in [2.45, 2.75) is 13.0 Å². The van der Waals surface area contributed by atoms with Crippen molar-refractivity contribution in [2.24, 2.45) is 0 Å². The Bertz CT molecular complexity index is 1200. The van der Waals surface area contributed by atoms with E-state index in [1.807, 2.05) is 49.5 Å². The van der Waals surface area contributed by atoms with Crippen LogP contribution in [0.5, 0.6) is 17.5 Å². The molecule has 1 aliphatic heterocycles. The minimum Gasteiger partial charge on any atom is -0.492 e. The van der Waals surface area contributed by atoms with Crippen LogP contribution in [0.1, 0.15) is 11.1 Å². The SMILES string of the molecule is C=CCOc1ccc(Nc2cnc(OCCN(C)CCOc3cccc4c3CCN(C(=O)O)C4)nc2)cc1. The number of hydrogen-bond acceptors (Lipinski definition) is 8. The van der Waals surface area contributed by atoms with Gasteiger partial charge in [0.05, 0.1) is 18.1 Å². The molecular weight excluding hydrogens is 486 g/mol. The van der Waals surface area contributed by atoms with E-state index >= 15 is 0 Å². The number of amides is 1. The van der Waals surface area contributed by atoms with E-state index in [-0.39, 0.29) is 0 Å². The van der Waals surface area contributed by atoms with Gasteiger partial charge >= 0.3 is 12.1 Å². The second-order valence-electron chi connectivity index (χ2n) is 8.85. The van der Waals surface area contributed by atoms with Crippen molar-refractivity contribution in [3.63, 3.8) is 0 Å². The number of nitrogens with one attached hydrogen (secondary N) is 1. The molecule has 10 heteroatoms. The number of nitrogens with zero attached hydrogens (tertiary/aromatic N) is 4. The van der Waals surface area contributed by atoms with E-state index in [2.05, 4.69) is 26.8 Å². The van der Waals surface area contributed by atoms with Gasteiger partial charge in [-0.3, -0.25) is 4.90 Å². The first-order chi connectivity index (χ1) is 18.5. The molecular formula is C28H33N5O5. The monoisotopic (exact) mass is 519 g/mol. The molecule has 1 amide bonds. The van der Waals surface area contributed by atoms with Crippen LogP contribution in [0, 0.1) is 0 Å². The number of carboxylic acid groups (broad SMARTS) is 1. The molecule has 0 bridgehead atoms. The Morgan fingerprint density at radius 1 is 1.08 bits per heavy atom. The van der Waals surface area contributed by atoms with Crippen LogP contribution < -0.4 is 19.5 Å². The zero-order valence-electron chi connectivity index (χ0n) is 21.5. The molecule has 1 aromatic heterocycles. The Labute approximate surface area is 222 Å². The summed E-state index contributed by atoms with van der Waals surface area (Å²) in [6.45, 7) is 7.37. The highest BCUT2D eigenvalue weighted by molar-refractivity contribution is 5.66. The number of anilines is 2. The largest absolute Gasteiger partial charge is 0.492 e. The van der Waals surface area contributed by atoms with Gasteiger partial charge in [-0.25, -0.2) is 14.8 Å². The first kappa shape index (κ1) is 26.7. The van der Waals surface area contributed by atoms with Gasteiger partial charge in [-0.05, 0) is 49.4 Å². The van der Waals surface area contributed by atoms with Crippen LogP contribution in [-0.4, -0.2) is 77.5 Å². The Balaban J connectivity index is 1.15. The first-order valence-electron chi connectivity index (χ1n) is 12.5. The molecule has 0 saturated carbocycles. The fourth-order valence-corrected chi connectivity index (χ4v) is 4.00. The Morgan fingerprint density at radius 2 is 1.82 bits per heavy atom. The summed E-state index contributed by atoms with van der Waals surface area (Å²) < 4.78 is 17.2. The lowest BCUT2D eigenvalue weighted by Gasteiger charge is -2.28. The van der Waals surface area contributed by atoms with Crippen LogP contribution in [0.4, 0.5) is 16.2 Å². The van der Waals surface area contributed by atoms with Gasteiger partial charge in [0.2, 0.25) is 0 Å². The highest BCUT2D eigenvalue weighted by Crippen LogP contribution is 2.28. The van der Waals surface area contributed by atoms with Gasteiger partial charge in [0.25, 0.3) is 0 Å². The van der Waals surface area contributed by atoms with Gasteiger partial charge < -0.3 is 29.5 Å². The van der Waals surface area contributed by atoms with Crippen LogP contribution >= 0.6 is 0 Å². The maximum Gasteiger partial charge on any atom is 0.407 e. The Hall–Kier alpha value is -4.31. The van der Waals surface area contributed by atoms with E-state index in [0.29, 0.717) is 51.9 Å². The molecule has 0 atom stereocenters. The van der Waals surface area contributed by atoms with Crippen LogP contribution in [0.3, 0.4) is 0 Å². The Kier molecular flexibility index (Phi) is 9.36. The predicted octanol–water partition coefficient (Wildman–Crippen LogP) is 4.21. The second kappa shape index (κ2) is 13.3. The molecule has 0 saturated heterocycles. The van der Waals surface area contributed by atoms with Crippen molar-refractivity contribution in [1.82, 2.24) is 19.8 Å². The fraction of sp³-hybridized carbons (Fsp3) is 0.321. The smallest absolute Gasteiger partial charge is 0.407 e. The summed E-state index contributed by atoms with van der Waals surface area (Å²) in [4.78, 5) is 23.3. The van der Waals surface area contributed by atoms with E-state index in [1.54, 1.807) is 18.5 Å². The lowest BCUT2D eigenvalue weighted by molar-refractivity contribution is 0.139. The third kappa shape index (κ3) is 7.59. The number of aromatic nitrogens is 2. The first-order valence-corrected chi connectivity index (χ1v) is 12.5. The molecule has 0 radical (unpaired) electrons. The van der Waals surface area contributed by atoms with Crippen LogP contribution in [0.25, 0.3) is 0 Å². The zero-order chi connectivity index (χ0) is 26.7. The summed E-state index contributed by atoms with van der Waals surface area (Å²) in [7, 11) is 2.00. The molecule has 0 spiro atoms. The average Bonchev–Trinajstić information content (AvgIpc) is 2.93. The van der Waals surface area contributed by atoms with Gasteiger partial charge in [0, 0.05) is 37.4 Å². The second-order valence-corrected chi connectivity index (χ2v) is 8.85. The fourth-order valence-electron chi connectivity index (χ4n) is 4.00. The molecule has 10 nitrogen and oxygen atoms in total. The van der Waals surface area contributed by atoms with Crippen molar-refractivity contribution in [3.05, 3.63) is 78.6 Å². The summed E-state index contributed by atoms with van der Waals surface area (Å²) in [6, 6.07) is 13.7. The van der Waals surface area contributed by atoms with Gasteiger partial charge in [-0.1, -0.05) is 24.8 Å². The number of rotatable bonds is 13. The number of carbonyl (C=O) groups is 1. The van der Waals surface area contributed by atoms with Crippen LogP contribution in [0.2, 0.25) is 0 Å². The maximum atomic E-state index is 11.3. The van der Waals surface area contributed by atoms with E-state index < -0.39 is 6.09 Å². The van der Waals surface area contributed by atoms with E-state index in [1.165, 1.54) is 4.90 Å². The molecule has 0 fully saturated rings. The van der Waals surface area contributed by atoms with E-state index in [4.69, 9.17) is 14.2 Å². The maximum absolute atomic E-state index is 11.3. The summed E-state index contributed by atoms with van der Waals surface area (Å²) in [5.41, 5.74) is 3.76. The number of ether oxygens (including phenoxy) is 3. The van der Waals surface area contributed by atoms with Crippen molar-refractivity contribution >= 4 is 17.5 Å². The molecule has 2 aromatic carbocycles. The predicted molar refractivity (Wildman–Crippen MR) is 145 cm³/mol. The quantitative estimate of drug-likeness (QED) is 0.321. The zero-order valence-corrected chi connectivity index (χ0v) is 21.5. The number of benzene rings is 2. The molecule has 4 rings (SSSR count). The van der Waals surface area contributed by atoms with E-state index in [9.17, 15) is 9.90 Å². The number of likely N-dealkylation sites (N-methyl/N-ethyl adjacent to an activating group) is 1. The standard InChI is InChI=1S/C28H33N5O5/c1-3-15-36-24-9-7-22(8-10-24)31-23-18-29-27(30-19-23)38-17-14-32(2)13-16-37-26-6-4-5-21-20-33(28(34)35)12-11-25(21)26/h3-10,18-19,31H,1,11-17,20H2,2H3,(H,34,35). The highest BCUT2D eigenvalue weighted by atomic mass is 16.5. The van der Waals surface area contributed by atoms with Gasteiger partial charge in [-0.15, -0.1) is 0 Å². The van der Waals surface area contributed by atoms with Crippen molar-refractivity contribution in [1.29, 1.82) is 0 Å². The number of fused-ring (bicyclic) bond motifs is 1. The van der Waals surface area contributed by atoms with Gasteiger partial charge in [0.15, 0.2) is 0 Å². The third-order valence-electron chi connectivity index (χ3n) is 6.07. The molecule has 38 heavy (non-hydrogen) atoms. The summed E-state index contributed by atoms with van der Waals surface area (Å²) >= 11 is 0. The lowest BCUT2D eigenvalue weighted by atomic mass is 9.99. The summed E-state index contributed by atoms with van der Waals surface area (Å²) in [5, 5.41) is 12.5. The van der Waals surface area contributed by atoms with Gasteiger partial charge in [0.1, 0.15) is 31.3 Å². The molecule has 0 aliphatic carbocycles. The average molecular weight is 520 g/mol. The molecule has 1 aliphatic rings. The van der Waals surface area contributed by atoms with Crippen LogP contribution in [-0.2, 0) is 13.0 Å². The van der Waals surface area contributed by atoms with Crippen molar-refractivity contribution in [3.8, 4) is 17.5 Å². The van der Waals surface area contributed by atoms with E-state index in [0.717, 1.165) is 40.5 Å². The van der Waals surface area contributed by atoms with Crippen molar-refractivity contribution < 1.29 is 24.1 Å². The third-order valence-corrected chi connectivity index (χ3v) is 6.07. The highest BCUT2D eigenvalue weighted by Gasteiger charge is 2.22. The lowest BCUT2D eigenvalue weighted by Crippen LogP contribution is -2.35. The summed E-state index contributed by atoms with van der Waals surface area (Å²) in [5.74, 6) is 1.61. The van der Waals surface area contributed by atoms with Gasteiger partial charge in [-0.2, -0.15) is 0 Å². The molecule has 2 heterocycles. The summed E-state index contributed by atoms with van der Waals surface area (Å²) in [6.07, 6.45) is 4.83. The normalized spacial score (nSPS) is 12.5. The Morgan fingerprint density at radius 3 is 2.53 bits per heavy atom. The molecule has 200 valence electrons. The number of hydrogen-bond donors (Lipinski definition) is 2. The van der Waals surface area contributed by atoms with Crippen LogP contribution in [0.15, 0.2) is 67.5 Å². The minimum absolute atomic E-state index is 0.319. The topological polar surface area (TPSA) is 109 Å². The molecule has 2 N–H and O–H groups in total.